The lowest BCUT2D eigenvalue weighted by atomic mass is 10.0. The van der Waals surface area contributed by atoms with Gasteiger partial charge < -0.3 is 78.5 Å². The summed E-state index contributed by atoms with van der Waals surface area (Å²) in [5.74, 6) is -6.90. The zero-order chi connectivity index (χ0) is 50.1. The minimum absolute atomic E-state index is 0.0305. The number of aliphatic carboxylic acids is 1. The predicted molar refractivity (Wildman–Crippen MR) is 242 cm³/mol. The first-order valence-electron chi connectivity index (χ1n) is 22.4. The van der Waals surface area contributed by atoms with E-state index in [0.717, 1.165) is 4.90 Å². The van der Waals surface area contributed by atoms with E-state index < -0.39 is 111 Å². The van der Waals surface area contributed by atoms with Crippen LogP contribution in [0.4, 0.5) is 0 Å². The van der Waals surface area contributed by atoms with E-state index in [1.807, 2.05) is 0 Å². The van der Waals surface area contributed by atoms with Crippen molar-refractivity contribution in [1.82, 2.24) is 31.1 Å². The number of carbonyl (C=O) groups excluding carboxylic acids is 6. The van der Waals surface area contributed by atoms with Crippen molar-refractivity contribution >= 4 is 49.2 Å². The van der Waals surface area contributed by atoms with Gasteiger partial charge >= 0.3 is 13.8 Å². The Bertz CT molecular complexity index is 2090. The molecule has 2 saturated heterocycles. The second-order valence-electron chi connectivity index (χ2n) is 16.9. The molecule has 376 valence electrons. The Labute approximate surface area is 392 Å². The average Bonchev–Trinajstić information content (AvgIpc) is 3.95. The van der Waals surface area contributed by atoms with Crippen molar-refractivity contribution in [1.29, 1.82) is 0 Å². The largest absolute Gasteiger partial charge is 0.508 e. The van der Waals surface area contributed by atoms with Crippen molar-refractivity contribution in [2.24, 2.45) is 17.2 Å². The van der Waals surface area contributed by atoms with Crippen LogP contribution in [0.5, 0.6) is 11.5 Å². The molecule has 68 heavy (non-hydrogen) atoms. The third-order valence-corrected chi connectivity index (χ3v) is 12.1. The average molecular weight is 978 g/mol. The van der Waals surface area contributed by atoms with Gasteiger partial charge in [-0.1, -0.05) is 30.7 Å². The SMILES string of the molecule is NCCCC[C@H](NC(=O)[C@H](Cc1ccc(O)cc1)NC(=O)[C@@H]1C[C@@H](O)CN1C(=O)[C@H](Cc1ccc(O)cc1)NC(=O)[C@H](COP(=O)(O)O)NC(=O)[C@@H]1CCCN1C(=O)[C@@H](N)CCCCN)C(=O)O. The standard InChI is InChI=1S/C43H64N9O15P/c44-17-3-1-6-30(46)41(60)51-19-5-8-35(51)39(58)50-34(24-67-68(64,65)66)38(57)49-33(21-26-11-15-28(54)16-12-26)42(61)52-23-29(55)22-36(52)40(59)48-32(20-25-9-13-27(53)14-10-25)37(56)47-31(43(62)63)7-2-4-18-45/h9-16,29-36,53-55H,1-8,17-24,44-46H2,(H,47,56)(H,48,59)(H,49,57)(H,50,58)(H,62,63)(H2,64,65,66)/t29-,30+,31+,32+,33+,34+,35+,36+/m1/s1. The number of carboxylic acid groups (broad SMARTS) is 1. The van der Waals surface area contributed by atoms with E-state index in [9.17, 15) is 68.3 Å². The van der Waals surface area contributed by atoms with Crippen LogP contribution in [0.1, 0.15) is 68.9 Å². The lowest BCUT2D eigenvalue weighted by Crippen LogP contribution is -2.60. The molecule has 2 heterocycles. The molecule has 16 N–H and O–H groups in total. The third-order valence-electron chi connectivity index (χ3n) is 11.6. The van der Waals surface area contributed by atoms with E-state index in [2.05, 4.69) is 25.8 Å². The second-order valence-corrected chi connectivity index (χ2v) is 18.1. The number of likely N-dealkylation sites (tertiary alicyclic amines) is 2. The maximum Gasteiger partial charge on any atom is 0.469 e. The fourth-order valence-corrected chi connectivity index (χ4v) is 8.33. The van der Waals surface area contributed by atoms with Crippen molar-refractivity contribution in [2.75, 3.05) is 32.8 Å². The molecule has 0 unspecified atom stereocenters. The lowest BCUT2D eigenvalue weighted by molar-refractivity contribution is -0.144. The molecular formula is C43H64N9O15P. The van der Waals surface area contributed by atoms with E-state index in [-0.39, 0.29) is 50.1 Å². The summed E-state index contributed by atoms with van der Waals surface area (Å²) in [5, 5.41) is 50.4. The molecule has 0 aliphatic carbocycles. The number of phenols is 2. The number of rotatable bonds is 26. The van der Waals surface area contributed by atoms with Crippen molar-refractivity contribution in [3.8, 4) is 11.5 Å². The van der Waals surface area contributed by atoms with Crippen LogP contribution in [0.25, 0.3) is 0 Å². The van der Waals surface area contributed by atoms with Crippen LogP contribution in [-0.2, 0) is 55.5 Å². The number of carboxylic acids is 1. The fraction of sp³-hybridized carbons (Fsp3) is 0.558. The van der Waals surface area contributed by atoms with E-state index in [0.29, 0.717) is 62.7 Å². The normalized spacial score (nSPS) is 19.3. The number of unbranched alkanes of at least 4 members (excludes halogenated alkanes) is 2. The number of nitrogens with one attached hydrogen (secondary N) is 4. The van der Waals surface area contributed by atoms with Gasteiger partial charge in [-0.25, -0.2) is 9.36 Å². The smallest absolute Gasteiger partial charge is 0.469 e. The zero-order valence-corrected chi connectivity index (χ0v) is 38.4. The molecule has 2 aliphatic heterocycles. The number of hydrogen-bond acceptors (Lipinski definition) is 15. The molecule has 0 aromatic heterocycles. The van der Waals surface area contributed by atoms with E-state index in [4.69, 9.17) is 17.2 Å². The van der Waals surface area contributed by atoms with Crippen LogP contribution in [-0.4, -0.2) is 163 Å². The Kier molecular flexibility index (Phi) is 21.1. The highest BCUT2D eigenvalue weighted by Gasteiger charge is 2.44. The summed E-state index contributed by atoms with van der Waals surface area (Å²) < 4.78 is 16.5. The number of phosphoric ester groups is 1. The van der Waals surface area contributed by atoms with Gasteiger partial charge in [-0.2, -0.15) is 0 Å². The highest BCUT2D eigenvalue weighted by Crippen LogP contribution is 2.35. The first-order valence-corrected chi connectivity index (χ1v) is 23.9. The predicted octanol–water partition coefficient (Wildman–Crippen LogP) is -2.45. The summed E-state index contributed by atoms with van der Waals surface area (Å²) in [4.78, 5) is 117. The summed E-state index contributed by atoms with van der Waals surface area (Å²) >= 11 is 0. The highest BCUT2D eigenvalue weighted by atomic mass is 31.2. The first kappa shape index (κ1) is 54.9. The van der Waals surface area contributed by atoms with Crippen molar-refractivity contribution in [2.45, 2.75) is 119 Å². The van der Waals surface area contributed by atoms with E-state index >= 15 is 0 Å². The summed E-state index contributed by atoms with van der Waals surface area (Å²) in [5.41, 5.74) is 18.1. The van der Waals surface area contributed by atoms with E-state index in [1.165, 1.54) is 53.4 Å². The molecule has 0 spiro atoms. The number of hydrogen-bond donors (Lipinski definition) is 13. The van der Waals surface area contributed by atoms with Gasteiger partial charge in [-0.05, 0) is 93.4 Å². The highest BCUT2D eigenvalue weighted by molar-refractivity contribution is 7.46. The molecule has 0 radical (unpaired) electrons. The van der Waals surface area contributed by atoms with Gasteiger partial charge in [0.2, 0.25) is 35.4 Å². The number of aliphatic hydroxyl groups excluding tert-OH is 1. The molecule has 2 aromatic rings. The summed E-state index contributed by atoms with van der Waals surface area (Å²) in [7, 11) is -5.27. The number of nitrogens with zero attached hydrogens (tertiary/aromatic N) is 2. The number of carbonyl (C=O) groups is 7. The number of benzene rings is 2. The minimum atomic E-state index is -5.27. The molecule has 0 saturated carbocycles. The van der Waals surface area contributed by atoms with Gasteiger partial charge in [0.05, 0.1) is 18.8 Å². The van der Waals surface area contributed by atoms with Crippen LogP contribution in [0.3, 0.4) is 0 Å². The van der Waals surface area contributed by atoms with E-state index in [1.54, 1.807) is 0 Å². The van der Waals surface area contributed by atoms with Crippen molar-refractivity contribution in [3.05, 3.63) is 59.7 Å². The Balaban J connectivity index is 1.61. The maximum atomic E-state index is 14.6. The van der Waals surface area contributed by atoms with Gasteiger partial charge in [-0.3, -0.25) is 33.3 Å². The van der Waals surface area contributed by atoms with Gasteiger partial charge in [0.15, 0.2) is 0 Å². The molecule has 2 aliphatic rings. The summed E-state index contributed by atoms with van der Waals surface area (Å²) in [6.45, 7) is -0.700. The minimum Gasteiger partial charge on any atom is -0.508 e. The molecule has 4 rings (SSSR count). The Morgan fingerprint density at radius 1 is 0.691 bits per heavy atom. The zero-order valence-electron chi connectivity index (χ0n) is 37.5. The second kappa shape index (κ2) is 26.1. The van der Waals surface area contributed by atoms with Crippen LogP contribution in [0, 0.1) is 0 Å². The summed E-state index contributed by atoms with van der Waals surface area (Å²) in [6, 6.07) is 1.27. The van der Waals surface area contributed by atoms with Crippen LogP contribution in [0.2, 0.25) is 0 Å². The number of nitrogens with two attached hydrogens (primary N) is 3. The number of β-amino-alcohol motifs (C(OH)–C–C–N with tert-alkyl or cyclic N) is 1. The summed E-state index contributed by atoms with van der Waals surface area (Å²) in [6.07, 6.45) is 0.767. The van der Waals surface area contributed by atoms with Crippen molar-refractivity contribution in [3.63, 3.8) is 0 Å². The van der Waals surface area contributed by atoms with Crippen LogP contribution < -0.4 is 38.5 Å². The number of phenolic OH excluding ortho intramolecular Hbond substituents is 2. The van der Waals surface area contributed by atoms with Crippen LogP contribution >= 0.6 is 7.82 Å². The molecule has 0 bridgehead atoms. The maximum absolute atomic E-state index is 14.6. The molecule has 6 amide bonds. The molecule has 2 aromatic carbocycles. The van der Waals surface area contributed by atoms with Crippen LogP contribution in [0.15, 0.2) is 48.5 Å². The van der Waals surface area contributed by atoms with Crippen molar-refractivity contribution < 1.29 is 72.9 Å². The molecule has 24 nitrogen and oxygen atoms in total. The van der Waals surface area contributed by atoms with Gasteiger partial charge in [0, 0.05) is 32.4 Å². The monoisotopic (exact) mass is 977 g/mol. The van der Waals surface area contributed by atoms with Gasteiger partial charge in [0.1, 0.15) is 47.8 Å². The quantitative estimate of drug-likeness (QED) is 0.0344. The molecule has 8 atom stereocenters. The molecular weight excluding hydrogens is 913 g/mol. The lowest BCUT2D eigenvalue weighted by Gasteiger charge is -2.31. The number of aliphatic hydroxyl groups is 1. The number of phosphoric acid groups is 1. The first-order chi connectivity index (χ1) is 32.2. The van der Waals surface area contributed by atoms with Gasteiger partial charge in [-0.15, -0.1) is 0 Å². The topological polar surface area (TPSA) is 400 Å². The third kappa shape index (κ3) is 16.8. The number of amides is 6. The molecule has 2 fully saturated rings. The number of aromatic hydroxyl groups is 2. The Morgan fingerprint density at radius 2 is 1.21 bits per heavy atom. The Hall–Kier alpha value is -5.72. The fourth-order valence-electron chi connectivity index (χ4n) is 7.98. The van der Waals surface area contributed by atoms with Gasteiger partial charge in [0.25, 0.3) is 0 Å². The Morgan fingerprint density at radius 3 is 1.76 bits per heavy atom. The molecule has 25 heteroatoms.